The van der Waals surface area contributed by atoms with E-state index in [1.807, 2.05) is 19.1 Å². The molecule has 1 unspecified atom stereocenters. The van der Waals surface area contributed by atoms with Gasteiger partial charge in [-0.1, -0.05) is 11.6 Å². The van der Waals surface area contributed by atoms with Gasteiger partial charge in [-0.3, -0.25) is 18.9 Å². The molecule has 3 aromatic heterocycles. The third kappa shape index (κ3) is 6.19. The number of nitrogens with one attached hydrogen (secondary N) is 1. The fraction of sp³-hybridized carbons (Fsp3) is 0.346. The molecular weight excluding hydrogens is 557 g/mol. The van der Waals surface area contributed by atoms with Crippen molar-refractivity contribution in [1.29, 1.82) is 0 Å². The third-order valence-corrected chi connectivity index (χ3v) is 7.58. The molecule has 5 rings (SSSR count). The zero-order chi connectivity index (χ0) is 27.7. The number of hydrogen-bond acceptors (Lipinski definition) is 7. The molecule has 1 aromatic carbocycles. The van der Waals surface area contributed by atoms with Gasteiger partial charge < -0.3 is 14.8 Å². The van der Waals surface area contributed by atoms with Crippen molar-refractivity contribution in [3.05, 3.63) is 79.0 Å². The summed E-state index contributed by atoms with van der Waals surface area (Å²) in [6, 6.07) is 8.16. The molecule has 0 amide bonds. The van der Waals surface area contributed by atoms with Gasteiger partial charge in [0.2, 0.25) is 0 Å². The molecule has 1 aliphatic rings. The van der Waals surface area contributed by atoms with Crippen molar-refractivity contribution in [2.24, 2.45) is 0 Å². The fourth-order valence-corrected chi connectivity index (χ4v) is 5.88. The van der Waals surface area contributed by atoms with Crippen molar-refractivity contribution in [2.75, 3.05) is 26.4 Å². The first-order valence-electron chi connectivity index (χ1n) is 12.1. The van der Waals surface area contributed by atoms with Gasteiger partial charge >= 0.3 is 11.9 Å². The van der Waals surface area contributed by atoms with Crippen LogP contribution in [0.3, 0.4) is 0 Å². The summed E-state index contributed by atoms with van der Waals surface area (Å²) >= 11 is 7.72. The summed E-state index contributed by atoms with van der Waals surface area (Å²) in [6.07, 6.45) is -2.11. The van der Waals surface area contributed by atoms with E-state index in [9.17, 15) is 22.8 Å². The van der Waals surface area contributed by atoms with Gasteiger partial charge in [-0.25, -0.2) is 4.79 Å². The zero-order valence-corrected chi connectivity index (χ0v) is 22.3. The lowest BCUT2D eigenvalue weighted by Gasteiger charge is -2.25. The predicted molar refractivity (Wildman–Crippen MR) is 143 cm³/mol. The number of nitrogens with zero attached hydrogens (tertiary/aromatic N) is 3. The highest BCUT2D eigenvalue weighted by Crippen LogP contribution is 2.41. The minimum Gasteiger partial charge on any atom is -0.491 e. The minimum absolute atomic E-state index is 0.0399. The average molecular weight is 581 g/mol. The van der Waals surface area contributed by atoms with E-state index in [4.69, 9.17) is 21.1 Å². The molecule has 0 bridgehead atoms. The van der Waals surface area contributed by atoms with Crippen LogP contribution in [0.1, 0.15) is 10.4 Å². The van der Waals surface area contributed by atoms with Crippen LogP contribution >= 0.6 is 22.9 Å². The molecule has 1 N–H and O–H groups in total. The standard InChI is InChI=1S/C26H24ClF3N4O4S/c1-15-8-16(27)9-20(23(15)38-13-17-12-37-7-5-31-17)19-2-4-32-21-10-18(39-24(19)21)11-34-22(35)3-6-33(25(34)36)14-26(28,29)30/h2-4,6,8-10,17,31H,5,7,11-14H2,1H3. The molecule has 1 atom stereocenters. The summed E-state index contributed by atoms with van der Waals surface area (Å²) in [4.78, 5) is 30.1. The van der Waals surface area contributed by atoms with Crippen molar-refractivity contribution in [1.82, 2.24) is 19.4 Å². The van der Waals surface area contributed by atoms with Crippen LogP contribution in [-0.4, -0.2) is 52.7 Å². The Kier molecular flexibility index (Phi) is 7.81. The summed E-state index contributed by atoms with van der Waals surface area (Å²) in [7, 11) is 0. The molecule has 13 heteroatoms. The molecule has 206 valence electrons. The molecule has 4 aromatic rings. The van der Waals surface area contributed by atoms with Gasteiger partial charge in [0.1, 0.15) is 18.9 Å². The molecule has 0 radical (unpaired) electrons. The highest BCUT2D eigenvalue weighted by Gasteiger charge is 2.29. The third-order valence-electron chi connectivity index (χ3n) is 6.22. The Morgan fingerprint density at radius 1 is 1.23 bits per heavy atom. The predicted octanol–water partition coefficient (Wildman–Crippen LogP) is 4.23. The molecule has 8 nitrogen and oxygen atoms in total. The number of ether oxygens (including phenoxy) is 2. The van der Waals surface area contributed by atoms with E-state index in [1.54, 1.807) is 18.3 Å². The molecule has 1 aliphatic heterocycles. The van der Waals surface area contributed by atoms with Crippen molar-refractivity contribution < 1.29 is 22.6 Å². The van der Waals surface area contributed by atoms with E-state index in [1.165, 1.54) is 11.3 Å². The lowest BCUT2D eigenvalue weighted by molar-refractivity contribution is -0.141. The van der Waals surface area contributed by atoms with Crippen molar-refractivity contribution in [3.8, 4) is 16.9 Å². The van der Waals surface area contributed by atoms with Gasteiger partial charge in [0, 0.05) is 46.0 Å². The quantitative estimate of drug-likeness (QED) is 0.352. The van der Waals surface area contributed by atoms with Gasteiger partial charge in [-0.15, -0.1) is 11.3 Å². The highest BCUT2D eigenvalue weighted by atomic mass is 35.5. The first-order chi connectivity index (χ1) is 18.6. The second-order valence-electron chi connectivity index (χ2n) is 9.19. The van der Waals surface area contributed by atoms with Crippen LogP contribution in [0.4, 0.5) is 13.2 Å². The van der Waals surface area contributed by atoms with Crippen LogP contribution in [0.2, 0.25) is 5.02 Å². The molecule has 4 heterocycles. The Labute approximate surface area is 229 Å². The Morgan fingerprint density at radius 3 is 2.79 bits per heavy atom. The number of rotatable bonds is 7. The second-order valence-corrected chi connectivity index (χ2v) is 10.8. The van der Waals surface area contributed by atoms with E-state index < -0.39 is 24.0 Å². The lowest BCUT2D eigenvalue weighted by atomic mass is 10.0. The molecule has 1 fully saturated rings. The highest BCUT2D eigenvalue weighted by molar-refractivity contribution is 7.19. The maximum atomic E-state index is 12.9. The number of fused-ring (bicyclic) bond motifs is 1. The summed E-state index contributed by atoms with van der Waals surface area (Å²) in [5.41, 5.74) is 1.27. The maximum absolute atomic E-state index is 12.9. The van der Waals surface area contributed by atoms with Crippen LogP contribution in [0, 0.1) is 6.92 Å². The van der Waals surface area contributed by atoms with Crippen LogP contribution in [-0.2, 0) is 17.8 Å². The molecule has 1 saturated heterocycles. The molecule has 0 aliphatic carbocycles. The largest absolute Gasteiger partial charge is 0.491 e. The number of alkyl halides is 3. The van der Waals surface area contributed by atoms with Gasteiger partial charge in [0.25, 0.3) is 5.56 Å². The van der Waals surface area contributed by atoms with Crippen molar-refractivity contribution in [2.45, 2.75) is 32.2 Å². The molecule has 0 spiro atoms. The number of halogens is 4. The maximum Gasteiger partial charge on any atom is 0.406 e. The first kappa shape index (κ1) is 27.4. The number of pyridine rings is 1. The van der Waals surface area contributed by atoms with Gasteiger partial charge in [-0.2, -0.15) is 13.2 Å². The Morgan fingerprint density at radius 2 is 2.05 bits per heavy atom. The smallest absolute Gasteiger partial charge is 0.406 e. The second kappa shape index (κ2) is 11.1. The van der Waals surface area contributed by atoms with E-state index in [0.29, 0.717) is 45.6 Å². The number of morpholine rings is 1. The molecule has 39 heavy (non-hydrogen) atoms. The monoisotopic (exact) mass is 580 g/mol. The van der Waals surface area contributed by atoms with E-state index >= 15 is 0 Å². The topological polar surface area (TPSA) is 87.4 Å². The van der Waals surface area contributed by atoms with E-state index in [2.05, 4.69) is 10.3 Å². The van der Waals surface area contributed by atoms with Crippen LogP contribution in [0.15, 0.2) is 52.3 Å². The fourth-order valence-electron chi connectivity index (χ4n) is 4.48. The summed E-state index contributed by atoms with van der Waals surface area (Å²) in [5, 5.41) is 3.88. The summed E-state index contributed by atoms with van der Waals surface area (Å²) in [6.45, 7) is 2.56. The Hall–Kier alpha value is -3.19. The first-order valence-corrected chi connectivity index (χ1v) is 13.3. The van der Waals surface area contributed by atoms with Crippen LogP contribution in [0.25, 0.3) is 21.3 Å². The van der Waals surface area contributed by atoms with Crippen molar-refractivity contribution in [3.63, 3.8) is 0 Å². The number of thiophene rings is 1. The number of hydrogen-bond donors (Lipinski definition) is 1. The molecular formula is C26H24ClF3N4O4S. The average Bonchev–Trinajstić information content (AvgIpc) is 3.30. The number of benzene rings is 1. The zero-order valence-electron chi connectivity index (χ0n) is 20.8. The van der Waals surface area contributed by atoms with Gasteiger partial charge in [0.15, 0.2) is 0 Å². The van der Waals surface area contributed by atoms with E-state index in [0.717, 1.165) is 44.8 Å². The normalized spacial score (nSPS) is 16.1. The number of aromatic nitrogens is 3. The minimum atomic E-state index is -4.60. The van der Waals surface area contributed by atoms with Gasteiger partial charge in [-0.05, 0) is 36.8 Å². The Bertz CT molecular complexity index is 1630. The van der Waals surface area contributed by atoms with Crippen LogP contribution < -0.4 is 21.3 Å². The van der Waals surface area contributed by atoms with Crippen LogP contribution in [0.5, 0.6) is 5.75 Å². The van der Waals surface area contributed by atoms with Crippen molar-refractivity contribution >= 4 is 33.2 Å². The van der Waals surface area contributed by atoms with E-state index in [-0.39, 0.29) is 12.6 Å². The summed E-state index contributed by atoms with van der Waals surface area (Å²) < 4.78 is 52.5. The number of aryl methyl sites for hydroxylation is 1. The summed E-state index contributed by atoms with van der Waals surface area (Å²) in [5.74, 6) is 0.656. The SMILES string of the molecule is Cc1cc(Cl)cc(-c2ccnc3cc(Cn4c(=O)ccn(CC(F)(F)F)c4=O)sc23)c1OCC1COCCN1. The Balaban J connectivity index is 1.51. The molecule has 0 saturated carbocycles. The van der Waals surface area contributed by atoms with Gasteiger partial charge in [0.05, 0.1) is 36.0 Å². The lowest BCUT2D eigenvalue weighted by Crippen LogP contribution is -2.44.